The van der Waals surface area contributed by atoms with E-state index in [1.165, 1.54) is 0 Å². The van der Waals surface area contributed by atoms with Gasteiger partial charge in [-0.3, -0.25) is 4.79 Å². The highest BCUT2D eigenvalue weighted by Gasteiger charge is 2.15. The maximum atomic E-state index is 12.0. The van der Waals surface area contributed by atoms with Crippen molar-refractivity contribution in [2.75, 3.05) is 31.6 Å². The van der Waals surface area contributed by atoms with Crippen LogP contribution < -0.4 is 4.90 Å². The molecule has 1 aromatic heterocycles. The zero-order valence-electron chi connectivity index (χ0n) is 12.2. The van der Waals surface area contributed by atoms with Gasteiger partial charge in [-0.1, -0.05) is 0 Å². The van der Waals surface area contributed by atoms with Gasteiger partial charge in [-0.05, 0) is 38.0 Å². The van der Waals surface area contributed by atoms with Gasteiger partial charge in [0, 0.05) is 26.3 Å². The zero-order valence-corrected chi connectivity index (χ0v) is 12.2. The van der Waals surface area contributed by atoms with Gasteiger partial charge in [0.05, 0.1) is 13.2 Å². The lowest BCUT2D eigenvalue weighted by Crippen LogP contribution is -2.39. The van der Waals surface area contributed by atoms with E-state index in [4.69, 9.17) is 5.11 Å². The minimum Gasteiger partial charge on any atom is -0.392 e. The van der Waals surface area contributed by atoms with E-state index in [1.54, 1.807) is 11.1 Å². The van der Waals surface area contributed by atoms with Crippen LogP contribution in [0.5, 0.6) is 0 Å². The van der Waals surface area contributed by atoms with E-state index in [-0.39, 0.29) is 12.5 Å². The van der Waals surface area contributed by atoms with Crippen molar-refractivity contribution in [2.45, 2.75) is 27.4 Å². The summed E-state index contributed by atoms with van der Waals surface area (Å²) in [5.41, 5.74) is 1.74. The molecule has 0 aliphatic heterocycles. The first-order chi connectivity index (χ1) is 9.03. The molecule has 0 bridgehead atoms. The molecule has 5 nitrogen and oxygen atoms in total. The largest absolute Gasteiger partial charge is 0.392 e. The lowest BCUT2D eigenvalue weighted by molar-refractivity contribution is -0.129. The molecule has 5 heteroatoms. The Kier molecular flexibility index (Phi) is 5.76. The summed E-state index contributed by atoms with van der Waals surface area (Å²) in [4.78, 5) is 20.0. The van der Waals surface area contributed by atoms with E-state index in [0.29, 0.717) is 6.54 Å². The van der Waals surface area contributed by atoms with E-state index < -0.39 is 0 Å². The van der Waals surface area contributed by atoms with Crippen molar-refractivity contribution in [1.29, 1.82) is 0 Å². The van der Waals surface area contributed by atoms with E-state index >= 15 is 0 Å². The van der Waals surface area contributed by atoms with Crippen LogP contribution in [0.1, 0.15) is 25.0 Å². The van der Waals surface area contributed by atoms with Crippen LogP contribution in [-0.4, -0.2) is 47.6 Å². The number of pyridine rings is 1. The molecule has 1 amide bonds. The maximum Gasteiger partial charge on any atom is 0.242 e. The van der Waals surface area contributed by atoms with Crippen molar-refractivity contribution in [1.82, 2.24) is 9.88 Å². The third kappa shape index (κ3) is 3.92. The monoisotopic (exact) mass is 265 g/mol. The number of rotatable bonds is 6. The second kappa shape index (κ2) is 7.09. The molecule has 1 heterocycles. The average molecular weight is 265 g/mol. The molecular weight excluding hydrogens is 242 g/mol. The van der Waals surface area contributed by atoms with Crippen molar-refractivity contribution in [3.63, 3.8) is 0 Å². The van der Waals surface area contributed by atoms with Gasteiger partial charge in [-0.25, -0.2) is 4.98 Å². The number of aryl methyl sites for hydroxylation is 1. The Bertz CT molecular complexity index is 431. The first kappa shape index (κ1) is 15.4. The van der Waals surface area contributed by atoms with Crippen LogP contribution in [0.15, 0.2) is 12.3 Å². The summed E-state index contributed by atoms with van der Waals surface area (Å²) in [6.45, 7) is 7.62. The number of carbonyl (C=O) groups is 1. The van der Waals surface area contributed by atoms with E-state index in [9.17, 15) is 4.79 Å². The molecule has 0 aromatic carbocycles. The van der Waals surface area contributed by atoms with Gasteiger partial charge in [0.25, 0.3) is 0 Å². The number of carbonyl (C=O) groups excluding carboxylic acids is 1. The summed E-state index contributed by atoms with van der Waals surface area (Å²) in [5.74, 6) is 0.873. The normalized spacial score (nSPS) is 10.4. The van der Waals surface area contributed by atoms with Crippen LogP contribution in [0.25, 0.3) is 0 Å². The number of nitrogens with zero attached hydrogens (tertiary/aromatic N) is 3. The van der Waals surface area contributed by atoms with Crippen molar-refractivity contribution < 1.29 is 9.90 Å². The molecule has 0 aliphatic carbocycles. The first-order valence-electron chi connectivity index (χ1n) is 6.58. The molecule has 1 N–H and O–H groups in total. The highest BCUT2D eigenvalue weighted by Crippen LogP contribution is 2.16. The molecule has 106 valence electrons. The molecule has 0 atom stereocenters. The fraction of sp³-hybridized carbons (Fsp3) is 0.571. The number of likely N-dealkylation sites (N-methyl/N-ethyl adjacent to an activating group) is 2. The lowest BCUT2D eigenvalue weighted by Gasteiger charge is -2.24. The molecule has 0 unspecified atom stereocenters. The Morgan fingerprint density at radius 3 is 2.47 bits per heavy atom. The quantitative estimate of drug-likeness (QED) is 0.839. The fourth-order valence-corrected chi connectivity index (χ4v) is 2.07. The second-order valence-electron chi connectivity index (χ2n) is 4.56. The van der Waals surface area contributed by atoms with E-state index in [1.807, 2.05) is 38.8 Å². The fourth-order valence-electron chi connectivity index (χ4n) is 2.07. The van der Waals surface area contributed by atoms with E-state index in [0.717, 1.165) is 30.0 Å². The summed E-state index contributed by atoms with van der Waals surface area (Å²) in [7, 11) is 1.86. The smallest absolute Gasteiger partial charge is 0.242 e. The number of hydrogen-bond donors (Lipinski definition) is 1. The molecule has 0 fully saturated rings. The van der Waals surface area contributed by atoms with Crippen LogP contribution in [0.4, 0.5) is 5.82 Å². The highest BCUT2D eigenvalue weighted by atomic mass is 16.3. The van der Waals surface area contributed by atoms with Gasteiger partial charge in [-0.15, -0.1) is 0 Å². The summed E-state index contributed by atoms with van der Waals surface area (Å²) >= 11 is 0. The molecule has 19 heavy (non-hydrogen) atoms. The van der Waals surface area contributed by atoms with Gasteiger partial charge in [0.15, 0.2) is 0 Å². The van der Waals surface area contributed by atoms with Crippen LogP contribution >= 0.6 is 0 Å². The summed E-state index contributed by atoms with van der Waals surface area (Å²) < 4.78 is 0. The summed E-state index contributed by atoms with van der Waals surface area (Å²) in [6, 6.07) is 1.89. The van der Waals surface area contributed by atoms with Crippen LogP contribution in [-0.2, 0) is 11.4 Å². The molecular formula is C14H23N3O2. The maximum absolute atomic E-state index is 12.0. The third-order valence-electron chi connectivity index (χ3n) is 3.14. The van der Waals surface area contributed by atoms with Gasteiger partial charge in [0.2, 0.25) is 5.91 Å². The minimum absolute atomic E-state index is 0.0176. The zero-order chi connectivity index (χ0) is 14.4. The topological polar surface area (TPSA) is 56.7 Å². The third-order valence-corrected chi connectivity index (χ3v) is 3.14. The van der Waals surface area contributed by atoms with Crippen molar-refractivity contribution >= 4 is 11.7 Å². The Balaban J connectivity index is 2.78. The predicted molar refractivity (Wildman–Crippen MR) is 76.1 cm³/mol. The Labute approximate surface area is 114 Å². The molecule has 0 spiro atoms. The van der Waals surface area contributed by atoms with Gasteiger partial charge in [0.1, 0.15) is 5.82 Å². The van der Waals surface area contributed by atoms with Crippen molar-refractivity contribution in [2.24, 2.45) is 0 Å². The SMILES string of the molecule is CCN(CC)C(=O)CN(C)c1ncc(CO)cc1C. The highest BCUT2D eigenvalue weighted by molar-refractivity contribution is 5.81. The first-order valence-corrected chi connectivity index (χ1v) is 6.58. The van der Waals surface area contributed by atoms with Crippen molar-refractivity contribution in [3.05, 3.63) is 23.4 Å². The van der Waals surface area contributed by atoms with Gasteiger partial charge >= 0.3 is 0 Å². The summed E-state index contributed by atoms with van der Waals surface area (Å²) in [6.07, 6.45) is 1.64. The second-order valence-corrected chi connectivity index (χ2v) is 4.56. The number of aromatic nitrogens is 1. The van der Waals surface area contributed by atoms with E-state index in [2.05, 4.69) is 4.98 Å². The van der Waals surface area contributed by atoms with Crippen molar-refractivity contribution in [3.8, 4) is 0 Å². The van der Waals surface area contributed by atoms with Gasteiger partial charge < -0.3 is 14.9 Å². The number of amides is 1. The average Bonchev–Trinajstić information content (AvgIpc) is 2.39. The molecule has 1 rings (SSSR count). The summed E-state index contributed by atoms with van der Waals surface area (Å²) in [5, 5.41) is 9.06. The number of hydrogen-bond acceptors (Lipinski definition) is 4. The van der Waals surface area contributed by atoms with Crippen LogP contribution in [0.2, 0.25) is 0 Å². The molecule has 0 saturated carbocycles. The standard InChI is InChI=1S/C14H23N3O2/c1-5-17(6-2)13(19)9-16(4)14-11(3)7-12(10-18)8-15-14/h7-8,18H,5-6,9-10H2,1-4H3. The predicted octanol–water partition coefficient (Wildman–Crippen LogP) is 1.19. The molecule has 0 radical (unpaired) electrons. The van der Waals surface area contributed by atoms with Crippen LogP contribution in [0.3, 0.4) is 0 Å². The Hall–Kier alpha value is -1.62. The molecule has 0 saturated heterocycles. The molecule has 1 aromatic rings. The van der Waals surface area contributed by atoms with Gasteiger partial charge in [-0.2, -0.15) is 0 Å². The Morgan fingerprint density at radius 2 is 2.00 bits per heavy atom. The number of aliphatic hydroxyl groups excluding tert-OH is 1. The number of anilines is 1. The Morgan fingerprint density at radius 1 is 1.37 bits per heavy atom. The molecule has 0 aliphatic rings. The lowest BCUT2D eigenvalue weighted by atomic mass is 10.2. The van der Waals surface area contributed by atoms with Crippen LogP contribution in [0, 0.1) is 6.92 Å². The minimum atomic E-state index is -0.0176. The number of aliphatic hydroxyl groups is 1.